The van der Waals surface area contributed by atoms with E-state index in [4.69, 9.17) is 6.42 Å². The second-order valence-electron chi connectivity index (χ2n) is 16.3. The van der Waals surface area contributed by atoms with E-state index in [2.05, 4.69) is 46.6 Å². The van der Waals surface area contributed by atoms with Gasteiger partial charge in [0.1, 0.15) is 11.7 Å². The van der Waals surface area contributed by atoms with E-state index in [1.165, 1.54) is 0 Å². The number of carbonyl (C=O) groups is 3. The van der Waals surface area contributed by atoms with Crippen LogP contribution >= 0.6 is 0 Å². The first kappa shape index (κ1) is 30.7. The molecule has 5 aliphatic carbocycles. The molecule has 0 bridgehead atoms. The number of ketones is 2. The summed E-state index contributed by atoms with van der Waals surface area (Å²) in [4.78, 5) is 42.2. The molecule has 0 radical (unpaired) electrons. The van der Waals surface area contributed by atoms with Crippen molar-refractivity contribution in [1.29, 1.82) is 5.26 Å². The van der Waals surface area contributed by atoms with Gasteiger partial charge in [-0.1, -0.05) is 60.5 Å². The van der Waals surface area contributed by atoms with Crippen LogP contribution in [0.4, 0.5) is 0 Å². The number of fused-ring (bicyclic) bond motifs is 7. The summed E-state index contributed by atoms with van der Waals surface area (Å²) in [6, 6.07) is 2.15. The smallest absolute Gasteiger partial charge is 0.234 e. The molecule has 5 aliphatic rings. The first-order valence-corrected chi connectivity index (χ1v) is 15.6. The normalized spacial score (nSPS) is 45.5. The number of allylic oxidation sites excluding steroid dienone is 3. The van der Waals surface area contributed by atoms with E-state index < -0.39 is 27.3 Å². The van der Waals surface area contributed by atoms with E-state index in [-0.39, 0.29) is 52.1 Å². The second-order valence-corrected chi connectivity index (χ2v) is 16.3. The number of rotatable bonds is 3. The number of hydrogen-bond acceptors (Lipinski definition) is 5. The summed E-state index contributed by atoms with van der Waals surface area (Å²) in [6.45, 7) is 15.3. The van der Waals surface area contributed by atoms with Gasteiger partial charge in [0.2, 0.25) is 5.91 Å². The van der Waals surface area contributed by atoms with Crippen LogP contribution in [0.3, 0.4) is 0 Å². The van der Waals surface area contributed by atoms with Gasteiger partial charge in [0.05, 0.1) is 12.0 Å². The van der Waals surface area contributed by atoms with Crippen molar-refractivity contribution in [3.63, 3.8) is 0 Å². The lowest BCUT2D eigenvalue weighted by Gasteiger charge is -2.71. The molecule has 0 unspecified atom stereocenters. The molecule has 6 nitrogen and oxygen atoms in total. The second kappa shape index (κ2) is 9.15. The van der Waals surface area contributed by atoms with Crippen LogP contribution in [0.2, 0.25) is 0 Å². The summed E-state index contributed by atoms with van der Waals surface area (Å²) >= 11 is 0. The van der Waals surface area contributed by atoms with Gasteiger partial charge in [-0.2, -0.15) is 5.26 Å². The van der Waals surface area contributed by atoms with Gasteiger partial charge in [-0.05, 0) is 78.8 Å². The Kier molecular flexibility index (Phi) is 6.70. The molecule has 0 heterocycles. The minimum absolute atomic E-state index is 0.0422. The van der Waals surface area contributed by atoms with E-state index in [0.29, 0.717) is 13.0 Å². The maximum absolute atomic E-state index is 14.6. The molecule has 1 N–H and O–H groups in total. The molecule has 0 aliphatic heterocycles. The zero-order valence-electron chi connectivity index (χ0n) is 26.8. The lowest BCUT2D eigenvalue weighted by Crippen LogP contribution is -2.74. The highest BCUT2D eigenvalue weighted by atomic mass is 16.3. The average Bonchev–Trinajstić information content (AvgIpc) is 2.91. The summed E-state index contributed by atoms with van der Waals surface area (Å²) < 4.78 is 0. The Morgan fingerprint density at radius 2 is 1.69 bits per heavy atom. The number of aliphatic hydroxyl groups is 1. The van der Waals surface area contributed by atoms with E-state index in [0.717, 1.165) is 44.1 Å². The number of nitriles is 1. The predicted octanol–water partition coefficient (Wildman–Crippen LogP) is 5.80. The minimum atomic E-state index is -1.56. The van der Waals surface area contributed by atoms with Gasteiger partial charge in [0.25, 0.3) is 0 Å². The first-order chi connectivity index (χ1) is 19.3. The van der Waals surface area contributed by atoms with Crippen molar-refractivity contribution in [2.24, 2.45) is 44.3 Å². The van der Waals surface area contributed by atoms with Gasteiger partial charge in [-0.3, -0.25) is 14.4 Å². The molecule has 0 spiro atoms. The molecular weight excluding hydrogens is 524 g/mol. The van der Waals surface area contributed by atoms with Crippen molar-refractivity contribution < 1.29 is 19.5 Å². The standard InChI is InChI=1S/C36H48N2O4/c1-10-11-28(40)38(9)22-31(4)14-15-32(5)16-17-35(8)34(7)13-12-24-30(2,3)29(41)23(21-37)19-33(24,6)25(34)18-27(39)36(35,42)26(32)20-31/h1,18-19,24,26,42H,11-17,20,22H2,2-9H3/t24-,26+,31-,32+,33-,34+,35-,36+/m0/s1. The first-order valence-electron chi connectivity index (χ1n) is 15.6. The highest BCUT2D eigenvalue weighted by molar-refractivity contribution is 6.05. The lowest BCUT2D eigenvalue weighted by atomic mass is 9.33. The number of hydrogen-bond donors (Lipinski definition) is 1. The van der Waals surface area contributed by atoms with E-state index in [1.54, 1.807) is 18.0 Å². The molecule has 0 aromatic carbocycles. The van der Waals surface area contributed by atoms with Crippen LogP contribution in [-0.2, 0) is 14.4 Å². The largest absolute Gasteiger partial charge is 0.381 e. The topological polar surface area (TPSA) is 98.5 Å². The van der Waals surface area contributed by atoms with Crippen molar-refractivity contribution in [2.45, 2.75) is 105 Å². The molecule has 42 heavy (non-hydrogen) atoms. The maximum atomic E-state index is 14.6. The molecule has 1 amide bonds. The molecule has 3 saturated carbocycles. The molecule has 3 fully saturated rings. The number of terminal acetylenes is 1. The van der Waals surface area contributed by atoms with Crippen molar-refractivity contribution in [3.8, 4) is 18.4 Å². The van der Waals surface area contributed by atoms with E-state index >= 15 is 0 Å². The summed E-state index contributed by atoms with van der Waals surface area (Å²) in [5.41, 5.74) is -3.47. The van der Waals surface area contributed by atoms with E-state index in [9.17, 15) is 24.8 Å². The summed E-state index contributed by atoms with van der Waals surface area (Å²) in [7, 11) is 1.79. The zero-order valence-corrected chi connectivity index (χ0v) is 26.8. The molecular formula is C36H48N2O4. The fourth-order valence-corrected chi connectivity index (χ4v) is 10.9. The van der Waals surface area contributed by atoms with Crippen LogP contribution < -0.4 is 0 Å². The van der Waals surface area contributed by atoms with E-state index in [1.807, 2.05) is 19.9 Å². The highest BCUT2D eigenvalue weighted by Gasteiger charge is 2.75. The molecule has 0 aromatic heterocycles. The molecule has 8 atom stereocenters. The summed E-state index contributed by atoms with van der Waals surface area (Å²) in [5.74, 6) is 1.70. The van der Waals surface area contributed by atoms with Gasteiger partial charge in [0.15, 0.2) is 11.6 Å². The third-order valence-corrected chi connectivity index (χ3v) is 13.6. The monoisotopic (exact) mass is 572 g/mol. The SMILES string of the molecule is C#CCC(=O)N(C)C[C@@]1(C)CC[C@]2(C)CC[C@@]3(C)[C@]4(C)CC[C@H]5C(C)(C)C(=O)C(C#N)=C[C@]5(C)C4=CC(=O)[C@]3(O)[C@@H]2C1. The van der Waals surface area contributed by atoms with Crippen LogP contribution in [-0.4, -0.2) is 46.7 Å². The van der Waals surface area contributed by atoms with Crippen LogP contribution in [0.15, 0.2) is 23.3 Å². The highest BCUT2D eigenvalue weighted by Crippen LogP contribution is 2.75. The van der Waals surface area contributed by atoms with Gasteiger partial charge >= 0.3 is 0 Å². The van der Waals surface area contributed by atoms with Gasteiger partial charge in [-0.25, -0.2) is 0 Å². The third-order valence-electron chi connectivity index (χ3n) is 13.6. The van der Waals surface area contributed by atoms with Crippen LogP contribution in [0.5, 0.6) is 0 Å². The summed E-state index contributed by atoms with van der Waals surface area (Å²) in [5, 5.41) is 23.0. The maximum Gasteiger partial charge on any atom is 0.234 e. The predicted molar refractivity (Wildman–Crippen MR) is 161 cm³/mol. The Labute approximate surface area is 252 Å². The van der Waals surface area contributed by atoms with Crippen molar-refractivity contribution >= 4 is 17.5 Å². The molecule has 6 heteroatoms. The Morgan fingerprint density at radius 1 is 1.05 bits per heavy atom. The fourth-order valence-electron chi connectivity index (χ4n) is 10.9. The Hall–Kier alpha value is -2.70. The molecule has 0 saturated heterocycles. The minimum Gasteiger partial charge on any atom is -0.381 e. The van der Waals surface area contributed by atoms with Crippen LogP contribution in [0, 0.1) is 68.0 Å². The zero-order chi connectivity index (χ0) is 31.3. The van der Waals surface area contributed by atoms with Crippen molar-refractivity contribution in [2.75, 3.05) is 13.6 Å². The van der Waals surface area contributed by atoms with Crippen LogP contribution in [0.1, 0.15) is 99.8 Å². The Morgan fingerprint density at radius 3 is 2.31 bits per heavy atom. The Balaban J connectivity index is 1.62. The van der Waals surface area contributed by atoms with Gasteiger partial charge < -0.3 is 10.0 Å². The quantitative estimate of drug-likeness (QED) is 0.431. The number of Topliss-reactive ketones (excluding diaryl/α,β-unsaturated/α-hetero) is 1. The summed E-state index contributed by atoms with van der Waals surface area (Å²) in [6.07, 6.45) is 14.7. The fraction of sp³-hybridized carbons (Fsp3) is 0.722. The number of carbonyl (C=O) groups excluding carboxylic acids is 3. The van der Waals surface area contributed by atoms with Gasteiger partial charge in [-0.15, -0.1) is 6.42 Å². The van der Waals surface area contributed by atoms with Crippen molar-refractivity contribution in [1.82, 2.24) is 4.90 Å². The average molecular weight is 573 g/mol. The molecule has 0 aromatic rings. The lowest BCUT2D eigenvalue weighted by molar-refractivity contribution is -0.243. The third kappa shape index (κ3) is 3.70. The molecule has 226 valence electrons. The number of amides is 1. The number of nitrogens with zero attached hydrogens (tertiary/aromatic N) is 2. The van der Waals surface area contributed by atoms with Crippen LogP contribution in [0.25, 0.3) is 0 Å². The van der Waals surface area contributed by atoms with Gasteiger partial charge in [0, 0.05) is 35.8 Å². The molecule has 5 rings (SSSR count). The Bertz CT molecular complexity index is 1410. The van der Waals surface area contributed by atoms with Crippen molar-refractivity contribution in [3.05, 3.63) is 23.3 Å².